The first-order chi connectivity index (χ1) is 10.6. The summed E-state index contributed by atoms with van der Waals surface area (Å²) < 4.78 is 5.32. The van der Waals surface area contributed by atoms with Crippen LogP contribution in [0.25, 0.3) is 0 Å². The van der Waals surface area contributed by atoms with Crippen LogP contribution >= 0.6 is 0 Å². The van der Waals surface area contributed by atoms with Crippen molar-refractivity contribution in [3.63, 3.8) is 0 Å². The summed E-state index contributed by atoms with van der Waals surface area (Å²) in [6.45, 7) is 4.53. The maximum Gasteiger partial charge on any atom is 0.337 e. The summed E-state index contributed by atoms with van der Waals surface area (Å²) in [6, 6.07) is 0. The Morgan fingerprint density at radius 2 is 1.73 bits per heavy atom. The van der Waals surface area contributed by atoms with Gasteiger partial charge in [-0.2, -0.15) is 0 Å². The number of rotatable bonds is 11. The fourth-order valence-corrected chi connectivity index (χ4v) is 2.54. The number of hydrogen-bond donors (Lipinski definition) is 1. The number of carbonyl (C=O) groups excluding carboxylic acids is 1. The van der Waals surface area contributed by atoms with Gasteiger partial charge in [-0.3, -0.25) is 0 Å². The van der Waals surface area contributed by atoms with Crippen molar-refractivity contribution in [1.29, 1.82) is 0 Å². The Labute approximate surface area is 134 Å². The lowest BCUT2D eigenvalue weighted by Crippen LogP contribution is -2.42. The molecule has 5 nitrogen and oxygen atoms in total. The predicted octanol–water partition coefficient (Wildman–Crippen LogP) is 3.05. The summed E-state index contributed by atoms with van der Waals surface area (Å²) in [4.78, 5) is 15.4. The Hall–Kier alpha value is -1.23. The number of aliphatic hydroxyl groups excluding tert-OH is 1. The van der Waals surface area contributed by atoms with E-state index in [4.69, 9.17) is 4.74 Å². The van der Waals surface area contributed by atoms with Crippen molar-refractivity contribution in [3.8, 4) is 0 Å². The second kappa shape index (κ2) is 10.5. The molecule has 1 rings (SSSR count). The Morgan fingerprint density at radius 1 is 1.14 bits per heavy atom. The van der Waals surface area contributed by atoms with Gasteiger partial charge in [0, 0.05) is 26.0 Å². The van der Waals surface area contributed by atoms with Crippen LogP contribution in [0.1, 0.15) is 65.2 Å². The summed E-state index contributed by atoms with van der Waals surface area (Å²) in [5, 5.41) is 9.26. The lowest BCUT2D eigenvalue weighted by molar-refractivity contribution is -0.175. The lowest BCUT2D eigenvalue weighted by Gasteiger charge is -2.30. The molecule has 0 amide bonds. The van der Waals surface area contributed by atoms with Crippen LogP contribution in [0.4, 0.5) is 0 Å². The first-order valence-corrected chi connectivity index (χ1v) is 8.60. The van der Waals surface area contributed by atoms with Crippen LogP contribution in [0.15, 0.2) is 12.4 Å². The van der Waals surface area contributed by atoms with Crippen LogP contribution in [0, 0.1) is 0 Å². The molecular weight excluding hydrogens is 280 g/mol. The number of esters is 1. The summed E-state index contributed by atoms with van der Waals surface area (Å²) in [5.74, 6) is -0.582. The van der Waals surface area contributed by atoms with Crippen LogP contribution in [-0.2, 0) is 9.53 Å². The van der Waals surface area contributed by atoms with Crippen molar-refractivity contribution in [3.05, 3.63) is 12.4 Å². The third-order valence-corrected chi connectivity index (χ3v) is 3.96. The Morgan fingerprint density at radius 3 is 2.32 bits per heavy atom. The van der Waals surface area contributed by atoms with Crippen LogP contribution < -0.4 is 0 Å². The highest BCUT2D eigenvalue weighted by Gasteiger charge is 2.28. The number of aliphatic hydroxyl groups is 1. The topological polar surface area (TPSA) is 53.0 Å². The van der Waals surface area contributed by atoms with Gasteiger partial charge in [0.05, 0.1) is 0 Å². The maximum atomic E-state index is 11.5. The van der Waals surface area contributed by atoms with E-state index in [-0.39, 0.29) is 0 Å². The van der Waals surface area contributed by atoms with E-state index in [0.717, 1.165) is 13.0 Å². The molecule has 1 heterocycles. The molecule has 0 aromatic carbocycles. The zero-order valence-electron chi connectivity index (χ0n) is 14.3. The number of hydrogen-bond acceptors (Lipinski definition) is 5. The highest BCUT2D eigenvalue weighted by Crippen LogP contribution is 2.17. The minimum absolute atomic E-state index is 0.424. The molecule has 1 N–H and O–H groups in total. The summed E-state index contributed by atoms with van der Waals surface area (Å²) in [6.07, 6.45) is 12.6. The number of ether oxygens (including phenoxy) is 1. The van der Waals surface area contributed by atoms with Gasteiger partial charge < -0.3 is 19.6 Å². The third kappa shape index (κ3) is 6.69. The fraction of sp³-hybridized carbons (Fsp3) is 0.824. The summed E-state index contributed by atoms with van der Waals surface area (Å²) in [7, 11) is 1.87. The van der Waals surface area contributed by atoms with Gasteiger partial charge in [0.1, 0.15) is 6.10 Å². The summed E-state index contributed by atoms with van der Waals surface area (Å²) >= 11 is 0. The van der Waals surface area contributed by atoms with Gasteiger partial charge in [-0.05, 0) is 13.3 Å². The van der Waals surface area contributed by atoms with Crippen LogP contribution in [0.3, 0.4) is 0 Å². The molecule has 22 heavy (non-hydrogen) atoms. The van der Waals surface area contributed by atoms with Crippen LogP contribution in [0.2, 0.25) is 0 Å². The molecule has 0 saturated carbocycles. The largest absolute Gasteiger partial charge is 0.420 e. The van der Waals surface area contributed by atoms with Gasteiger partial charge in [-0.25, -0.2) is 4.79 Å². The molecule has 0 bridgehead atoms. The molecule has 2 atom stereocenters. The zero-order chi connectivity index (χ0) is 16.4. The van der Waals surface area contributed by atoms with Gasteiger partial charge in [0.15, 0.2) is 0 Å². The predicted molar refractivity (Wildman–Crippen MR) is 87.8 cm³/mol. The van der Waals surface area contributed by atoms with E-state index in [1.807, 2.05) is 29.2 Å². The van der Waals surface area contributed by atoms with Crippen molar-refractivity contribution in [2.45, 2.75) is 77.7 Å². The van der Waals surface area contributed by atoms with E-state index in [9.17, 15) is 9.90 Å². The number of nitrogens with zero attached hydrogens (tertiary/aromatic N) is 2. The zero-order valence-corrected chi connectivity index (χ0v) is 14.3. The minimum Gasteiger partial charge on any atom is -0.420 e. The minimum atomic E-state index is -1.08. The molecule has 0 saturated heterocycles. The van der Waals surface area contributed by atoms with Crippen molar-refractivity contribution in [2.75, 3.05) is 13.6 Å². The smallest absolute Gasteiger partial charge is 0.337 e. The highest BCUT2D eigenvalue weighted by molar-refractivity contribution is 5.73. The number of carbonyl (C=O) groups is 1. The summed E-state index contributed by atoms with van der Waals surface area (Å²) in [5.41, 5.74) is 0. The fourth-order valence-electron chi connectivity index (χ4n) is 2.54. The van der Waals surface area contributed by atoms with Crippen LogP contribution in [-0.4, -0.2) is 46.9 Å². The second-order valence-electron chi connectivity index (χ2n) is 6.12. The van der Waals surface area contributed by atoms with Gasteiger partial charge in [0.25, 0.3) is 6.35 Å². The van der Waals surface area contributed by atoms with Crippen molar-refractivity contribution in [1.82, 2.24) is 9.80 Å². The highest BCUT2D eigenvalue weighted by atomic mass is 16.6. The first-order valence-electron chi connectivity index (χ1n) is 8.60. The second-order valence-corrected chi connectivity index (χ2v) is 6.12. The third-order valence-electron chi connectivity index (χ3n) is 3.96. The molecule has 0 aromatic rings. The average Bonchev–Trinajstić information content (AvgIpc) is 2.82. The molecule has 0 radical (unpaired) electrons. The van der Waals surface area contributed by atoms with E-state index >= 15 is 0 Å². The first kappa shape index (κ1) is 18.8. The Balaban J connectivity index is 2.18. The van der Waals surface area contributed by atoms with E-state index in [2.05, 4.69) is 6.92 Å². The van der Waals surface area contributed by atoms with Crippen LogP contribution in [0.5, 0.6) is 0 Å². The molecule has 0 fully saturated rings. The van der Waals surface area contributed by atoms with Crippen molar-refractivity contribution >= 4 is 5.97 Å². The van der Waals surface area contributed by atoms with Crippen molar-refractivity contribution < 1.29 is 14.6 Å². The molecule has 5 heteroatoms. The molecule has 1 aliphatic heterocycles. The molecule has 0 spiro atoms. The lowest BCUT2D eigenvalue weighted by atomic mass is 10.1. The standard InChI is InChI=1S/C17H32N2O3/c1-4-5-6-7-8-9-10-11-12-19-14-13-18(3)17(19)22-16(21)15(2)20/h13-15,17,20H,4-12H2,1-3H3. The quantitative estimate of drug-likeness (QED) is 0.469. The van der Waals surface area contributed by atoms with Gasteiger partial charge in [0.2, 0.25) is 0 Å². The molecular formula is C17H32N2O3. The van der Waals surface area contributed by atoms with Crippen molar-refractivity contribution in [2.24, 2.45) is 0 Å². The molecule has 0 aliphatic carbocycles. The Kier molecular flexibility index (Phi) is 8.97. The molecule has 2 unspecified atom stereocenters. The van der Waals surface area contributed by atoms with E-state index in [1.54, 1.807) is 0 Å². The maximum absolute atomic E-state index is 11.5. The average molecular weight is 312 g/mol. The normalized spacial score (nSPS) is 18.8. The van der Waals surface area contributed by atoms with E-state index < -0.39 is 18.4 Å². The molecule has 128 valence electrons. The van der Waals surface area contributed by atoms with Gasteiger partial charge in [-0.1, -0.05) is 51.9 Å². The SMILES string of the molecule is CCCCCCCCCCN1C=CN(C)C1OC(=O)C(C)O. The van der Waals surface area contributed by atoms with Gasteiger partial charge in [-0.15, -0.1) is 0 Å². The molecule has 0 aromatic heterocycles. The van der Waals surface area contributed by atoms with Gasteiger partial charge >= 0.3 is 5.97 Å². The molecule has 1 aliphatic rings. The van der Waals surface area contributed by atoms with E-state index in [0.29, 0.717) is 0 Å². The Bertz CT molecular complexity index is 345. The van der Waals surface area contributed by atoms with E-state index in [1.165, 1.54) is 51.9 Å². The monoisotopic (exact) mass is 312 g/mol. The number of unbranched alkanes of at least 4 members (excludes halogenated alkanes) is 7.